The molecule has 0 radical (unpaired) electrons. The molecule has 7 nitrogen and oxygen atoms in total. The molecule has 8 heteroatoms. The molecule has 2 aliphatic rings. The van der Waals surface area contributed by atoms with Gasteiger partial charge in [0.05, 0.1) is 12.5 Å². The third kappa shape index (κ3) is 4.82. The first kappa shape index (κ1) is 20.0. The van der Waals surface area contributed by atoms with Crippen molar-refractivity contribution in [3.8, 4) is 11.4 Å². The summed E-state index contributed by atoms with van der Waals surface area (Å²) in [5.74, 6) is 1.00. The number of amides is 1. The van der Waals surface area contributed by atoms with Gasteiger partial charge < -0.3 is 14.3 Å². The molecule has 3 heterocycles. The van der Waals surface area contributed by atoms with E-state index < -0.39 is 0 Å². The largest absolute Gasteiger partial charge is 0.340 e. The first-order valence-corrected chi connectivity index (χ1v) is 10.4. The number of nitrogens with zero attached hydrogens (tertiary/aromatic N) is 5. The fraction of sp³-hybridized carbons (Fsp3) is 0.571. The summed E-state index contributed by atoms with van der Waals surface area (Å²) in [6.45, 7) is 8.96. The lowest BCUT2D eigenvalue weighted by Crippen LogP contribution is -2.52. The average Bonchev–Trinajstić information content (AvgIpc) is 3.22. The maximum absolute atomic E-state index is 13.1. The summed E-state index contributed by atoms with van der Waals surface area (Å²) in [7, 11) is 0. The predicted octanol–water partition coefficient (Wildman–Crippen LogP) is 2.25. The molecule has 0 spiro atoms. The molecule has 2 fully saturated rings. The Morgan fingerprint density at radius 2 is 1.90 bits per heavy atom. The van der Waals surface area contributed by atoms with E-state index in [-0.39, 0.29) is 17.6 Å². The SMILES string of the molecule is CCN1CCN(C(=O)C2CCCN(Cc3nc(-c4ccc(F)cc4)no3)C2)CC1. The number of benzene rings is 1. The lowest BCUT2D eigenvalue weighted by Gasteiger charge is -2.38. The Morgan fingerprint density at radius 1 is 1.14 bits per heavy atom. The number of carbonyl (C=O) groups excluding carboxylic acids is 1. The summed E-state index contributed by atoms with van der Waals surface area (Å²) in [5, 5.41) is 4.01. The number of hydrogen-bond donors (Lipinski definition) is 0. The summed E-state index contributed by atoms with van der Waals surface area (Å²) >= 11 is 0. The third-order valence-electron chi connectivity index (χ3n) is 5.92. The van der Waals surface area contributed by atoms with Crippen LogP contribution in [0.1, 0.15) is 25.7 Å². The van der Waals surface area contributed by atoms with Crippen LogP contribution < -0.4 is 0 Å². The highest BCUT2D eigenvalue weighted by atomic mass is 19.1. The first-order chi connectivity index (χ1) is 14.1. The second-order valence-corrected chi connectivity index (χ2v) is 7.85. The Bertz CT molecular complexity index is 817. The zero-order valence-electron chi connectivity index (χ0n) is 16.9. The van der Waals surface area contributed by atoms with Gasteiger partial charge in [-0.05, 0) is 50.2 Å². The predicted molar refractivity (Wildman–Crippen MR) is 106 cm³/mol. The molecule has 1 aromatic heterocycles. The Labute approximate surface area is 170 Å². The van der Waals surface area contributed by atoms with Crippen molar-refractivity contribution in [2.45, 2.75) is 26.3 Å². The second kappa shape index (κ2) is 9.00. The minimum atomic E-state index is -0.294. The van der Waals surface area contributed by atoms with Gasteiger partial charge in [0.2, 0.25) is 17.6 Å². The monoisotopic (exact) mass is 401 g/mol. The van der Waals surface area contributed by atoms with Crippen molar-refractivity contribution in [1.29, 1.82) is 0 Å². The van der Waals surface area contributed by atoms with E-state index >= 15 is 0 Å². The molecular weight excluding hydrogens is 373 g/mol. The Kier molecular flexibility index (Phi) is 6.20. The van der Waals surface area contributed by atoms with Crippen LogP contribution in [-0.4, -0.2) is 76.6 Å². The number of aromatic nitrogens is 2. The maximum atomic E-state index is 13.1. The van der Waals surface area contributed by atoms with Crippen molar-refractivity contribution in [3.05, 3.63) is 36.0 Å². The van der Waals surface area contributed by atoms with Gasteiger partial charge in [-0.25, -0.2) is 4.39 Å². The third-order valence-corrected chi connectivity index (χ3v) is 5.92. The van der Waals surface area contributed by atoms with Gasteiger partial charge in [0, 0.05) is 38.3 Å². The topological polar surface area (TPSA) is 65.7 Å². The lowest BCUT2D eigenvalue weighted by molar-refractivity contribution is -0.139. The van der Waals surface area contributed by atoms with Gasteiger partial charge in [-0.2, -0.15) is 4.98 Å². The number of piperazine rings is 1. The smallest absolute Gasteiger partial charge is 0.241 e. The second-order valence-electron chi connectivity index (χ2n) is 7.85. The van der Waals surface area contributed by atoms with Gasteiger partial charge in [-0.15, -0.1) is 0 Å². The first-order valence-electron chi connectivity index (χ1n) is 10.4. The van der Waals surface area contributed by atoms with E-state index in [1.54, 1.807) is 12.1 Å². The van der Waals surface area contributed by atoms with Crippen LogP contribution in [0.3, 0.4) is 0 Å². The van der Waals surface area contributed by atoms with Crippen molar-refractivity contribution < 1.29 is 13.7 Å². The number of likely N-dealkylation sites (N-methyl/N-ethyl adjacent to an activating group) is 1. The summed E-state index contributed by atoms with van der Waals surface area (Å²) in [6, 6.07) is 6.04. The molecule has 29 heavy (non-hydrogen) atoms. The molecule has 156 valence electrons. The number of piperidine rings is 1. The van der Waals surface area contributed by atoms with E-state index in [0.29, 0.717) is 18.3 Å². The lowest BCUT2D eigenvalue weighted by atomic mass is 9.96. The van der Waals surface area contributed by atoms with Gasteiger partial charge in [0.15, 0.2) is 0 Å². The highest BCUT2D eigenvalue weighted by Crippen LogP contribution is 2.22. The van der Waals surface area contributed by atoms with Gasteiger partial charge in [0.25, 0.3) is 0 Å². The van der Waals surface area contributed by atoms with Gasteiger partial charge in [-0.1, -0.05) is 12.1 Å². The summed E-state index contributed by atoms with van der Waals surface area (Å²) in [6.07, 6.45) is 1.93. The van der Waals surface area contributed by atoms with Crippen LogP contribution in [0.4, 0.5) is 4.39 Å². The van der Waals surface area contributed by atoms with Crippen LogP contribution in [0.25, 0.3) is 11.4 Å². The maximum Gasteiger partial charge on any atom is 0.241 e. The molecule has 1 unspecified atom stereocenters. The molecule has 2 saturated heterocycles. The minimum absolute atomic E-state index is 0.0383. The molecule has 2 aliphatic heterocycles. The fourth-order valence-electron chi connectivity index (χ4n) is 4.17. The summed E-state index contributed by atoms with van der Waals surface area (Å²) in [4.78, 5) is 24.0. The van der Waals surface area contributed by atoms with E-state index in [1.807, 2.05) is 4.90 Å². The van der Waals surface area contributed by atoms with Crippen LogP contribution >= 0.6 is 0 Å². The molecule has 4 rings (SSSR count). The number of hydrogen-bond acceptors (Lipinski definition) is 6. The number of likely N-dealkylation sites (tertiary alicyclic amines) is 1. The van der Waals surface area contributed by atoms with Crippen LogP contribution in [0.5, 0.6) is 0 Å². The molecule has 1 aromatic carbocycles. The van der Waals surface area contributed by atoms with E-state index in [0.717, 1.165) is 64.2 Å². The van der Waals surface area contributed by atoms with Crippen LogP contribution in [-0.2, 0) is 11.3 Å². The molecule has 1 amide bonds. The Morgan fingerprint density at radius 3 is 2.62 bits per heavy atom. The standard InChI is InChI=1S/C21H28FN5O2/c1-2-25-10-12-27(13-11-25)21(28)17-4-3-9-26(14-17)15-19-23-20(24-29-19)16-5-7-18(22)8-6-16/h5-8,17H,2-4,9-15H2,1H3. The number of rotatable bonds is 5. The van der Waals surface area contributed by atoms with Crippen molar-refractivity contribution in [2.24, 2.45) is 5.92 Å². The van der Waals surface area contributed by atoms with E-state index in [1.165, 1.54) is 12.1 Å². The zero-order valence-corrected chi connectivity index (χ0v) is 16.9. The molecule has 0 N–H and O–H groups in total. The highest BCUT2D eigenvalue weighted by molar-refractivity contribution is 5.79. The summed E-state index contributed by atoms with van der Waals surface area (Å²) < 4.78 is 18.5. The Hall–Kier alpha value is -2.32. The van der Waals surface area contributed by atoms with Crippen molar-refractivity contribution in [3.63, 3.8) is 0 Å². The van der Waals surface area contributed by atoms with Gasteiger partial charge in [0.1, 0.15) is 5.82 Å². The van der Waals surface area contributed by atoms with Crippen molar-refractivity contribution in [2.75, 3.05) is 45.8 Å². The van der Waals surface area contributed by atoms with Crippen LogP contribution in [0.15, 0.2) is 28.8 Å². The van der Waals surface area contributed by atoms with Crippen LogP contribution in [0.2, 0.25) is 0 Å². The van der Waals surface area contributed by atoms with Crippen molar-refractivity contribution >= 4 is 5.91 Å². The van der Waals surface area contributed by atoms with E-state index in [2.05, 4.69) is 26.9 Å². The molecule has 2 aromatic rings. The minimum Gasteiger partial charge on any atom is -0.340 e. The molecule has 0 bridgehead atoms. The molecular formula is C21H28FN5O2. The Balaban J connectivity index is 1.33. The normalized spacial score (nSPS) is 21.4. The quantitative estimate of drug-likeness (QED) is 0.766. The molecule has 0 saturated carbocycles. The van der Waals surface area contributed by atoms with Gasteiger partial charge >= 0.3 is 0 Å². The number of carbonyl (C=O) groups is 1. The fourth-order valence-corrected chi connectivity index (χ4v) is 4.17. The highest BCUT2D eigenvalue weighted by Gasteiger charge is 2.31. The van der Waals surface area contributed by atoms with Gasteiger partial charge in [-0.3, -0.25) is 9.69 Å². The van der Waals surface area contributed by atoms with E-state index in [4.69, 9.17) is 4.52 Å². The van der Waals surface area contributed by atoms with Crippen molar-refractivity contribution in [1.82, 2.24) is 24.8 Å². The average molecular weight is 401 g/mol. The van der Waals surface area contributed by atoms with Crippen LogP contribution in [0, 0.1) is 11.7 Å². The number of halogens is 1. The molecule has 1 atom stereocenters. The molecule has 0 aliphatic carbocycles. The summed E-state index contributed by atoms with van der Waals surface area (Å²) in [5.41, 5.74) is 0.722. The zero-order chi connectivity index (χ0) is 20.2. The van der Waals surface area contributed by atoms with E-state index in [9.17, 15) is 9.18 Å².